The summed E-state index contributed by atoms with van der Waals surface area (Å²) >= 11 is 1.33. The van der Waals surface area contributed by atoms with Gasteiger partial charge < -0.3 is 14.2 Å². The molecule has 0 unspecified atom stereocenters. The molecule has 10 heteroatoms. The lowest BCUT2D eigenvalue weighted by Crippen LogP contribution is -2.51. The van der Waals surface area contributed by atoms with Crippen LogP contribution in [0, 0.1) is 5.82 Å². The highest BCUT2D eigenvalue weighted by Gasteiger charge is 2.26. The van der Waals surface area contributed by atoms with Gasteiger partial charge in [-0.2, -0.15) is 0 Å². The molecule has 0 bridgehead atoms. The molecule has 2 amide bonds. The van der Waals surface area contributed by atoms with Crippen molar-refractivity contribution in [2.75, 3.05) is 26.2 Å². The van der Waals surface area contributed by atoms with Gasteiger partial charge in [-0.1, -0.05) is 12.1 Å². The summed E-state index contributed by atoms with van der Waals surface area (Å²) < 4.78 is 19.8. The van der Waals surface area contributed by atoms with Crippen molar-refractivity contribution in [3.63, 3.8) is 0 Å². The van der Waals surface area contributed by atoms with Gasteiger partial charge in [-0.15, -0.1) is 11.3 Å². The summed E-state index contributed by atoms with van der Waals surface area (Å²) in [5.41, 5.74) is 1.06. The third-order valence-electron chi connectivity index (χ3n) is 5.67. The molecular formula is C23H19FN4O4S. The summed E-state index contributed by atoms with van der Waals surface area (Å²) in [6.07, 6.45) is 2.83. The zero-order valence-electron chi connectivity index (χ0n) is 17.4. The highest BCUT2D eigenvalue weighted by Crippen LogP contribution is 2.30. The first kappa shape index (κ1) is 21.1. The molecule has 0 atom stereocenters. The van der Waals surface area contributed by atoms with Gasteiger partial charge in [0.15, 0.2) is 5.76 Å². The lowest BCUT2D eigenvalue weighted by molar-refractivity contribution is -0.133. The number of thiophene rings is 1. The summed E-state index contributed by atoms with van der Waals surface area (Å²) in [6.45, 7) is 1.37. The number of fused-ring (bicyclic) bond motifs is 1. The van der Waals surface area contributed by atoms with Crippen LogP contribution in [-0.2, 0) is 11.3 Å². The maximum Gasteiger partial charge on any atom is 0.289 e. The molecule has 1 saturated heterocycles. The number of rotatable bonds is 4. The SMILES string of the molecule is O=C(Cn1cnc2scc(-c3ccc(F)cc3)c2c1=O)N1CCN(C(=O)c2ccco2)CC1. The van der Waals surface area contributed by atoms with E-state index < -0.39 is 0 Å². The predicted octanol–water partition coefficient (Wildman–Crippen LogP) is 2.84. The quantitative estimate of drug-likeness (QED) is 0.462. The summed E-state index contributed by atoms with van der Waals surface area (Å²) in [6, 6.07) is 9.18. The van der Waals surface area contributed by atoms with E-state index in [1.54, 1.807) is 34.1 Å². The fraction of sp³-hybridized carbons (Fsp3) is 0.217. The summed E-state index contributed by atoms with van der Waals surface area (Å²) in [5.74, 6) is -0.510. The first-order valence-corrected chi connectivity index (χ1v) is 11.2. The van der Waals surface area contributed by atoms with Gasteiger partial charge in [0, 0.05) is 37.1 Å². The number of furan rings is 1. The second-order valence-corrected chi connectivity index (χ2v) is 8.52. The minimum atomic E-state index is -0.356. The Morgan fingerprint density at radius 3 is 2.48 bits per heavy atom. The van der Waals surface area contributed by atoms with Crippen molar-refractivity contribution in [2.45, 2.75) is 6.54 Å². The Balaban J connectivity index is 1.31. The van der Waals surface area contributed by atoms with E-state index in [0.717, 1.165) is 0 Å². The average molecular weight is 466 g/mol. The topological polar surface area (TPSA) is 88.7 Å². The van der Waals surface area contributed by atoms with Crippen molar-refractivity contribution in [3.8, 4) is 11.1 Å². The molecule has 8 nitrogen and oxygen atoms in total. The largest absolute Gasteiger partial charge is 0.459 e. The number of carbonyl (C=O) groups is 2. The maximum absolute atomic E-state index is 13.3. The number of piperazine rings is 1. The van der Waals surface area contributed by atoms with Gasteiger partial charge in [0.25, 0.3) is 11.5 Å². The monoisotopic (exact) mass is 466 g/mol. The fourth-order valence-electron chi connectivity index (χ4n) is 3.88. The molecule has 0 radical (unpaired) electrons. The second-order valence-electron chi connectivity index (χ2n) is 7.66. The molecule has 1 fully saturated rings. The molecule has 0 saturated carbocycles. The third kappa shape index (κ3) is 4.05. The number of halogens is 1. The molecule has 168 valence electrons. The minimum absolute atomic E-state index is 0.146. The summed E-state index contributed by atoms with van der Waals surface area (Å²) in [5, 5.41) is 2.23. The van der Waals surface area contributed by atoms with Crippen molar-refractivity contribution >= 4 is 33.4 Å². The molecule has 0 N–H and O–H groups in total. The van der Waals surface area contributed by atoms with E-state index in [9.17, 15) is 18.8 Å². The Morgan fingerprint density at radius 2 is 1.79 bits per heavy atom. The Bertz CT molecular complexity index is 1370. The number of hydrogen-bond donors (Lipinski definition) is 0. The highest BCUT2D eigenvalue weighted by molar-refractivity contribution is 7.17. The molecular weight excluding hydrogens is 447 g/mol. The van der Waals surface area contributed by atoms with E-state index in [0.29, 0.717) is 47.5 Å². The summed E-state index contributed by atoms with van der Waals surface area (Å²) in [4.78, 5) is 46.6. The van der Waals surface area contributed by atoms with Crippen molar-refractivity contribution in [3.05, 3.63) is 76.3 Å². The average Bonchev–Trinajstić information content (AvgIpc) is 3.52. The van der Waals surface area contributed by atoms with E-state index >= 15 is 0 Å². The van der Waals surface area contributed by atoms with Crippen LogP contribution in [0.25, 0.3) is 21.3 Å². The Labute approximate surface area is 191 Å². The Hall–Kier alpha value is -3.79. The lowest BCUT2D eigenvalue weighted by Gasteiger charge is -2.34. The van der Waals surface area contributed by atoms with Crippen molar-refractivity contribution in [2.24, 2.45) is 0 Å². The zero-order valence-corrected chi connectivity index (χ0v) is 18.3. The minimum Gasteiger partial charge on any atom is -0.459 e. The first-order chi connectivity index (χ1) is 16.0. The molecule has 0 aliphatic carbocycles. The van der Waals surface area contributed by atoms with Gasteiger partial charge in [-0.3, -0.25) is 19.0 Å². The van der Waals surface area contributed by atoms with Crippen molar-refractivity contribution in [1.82, 2.24) is 19.4 Å². The van der Waals surface area contributed by atoms with Crippen LogP contribution >= 0.6 is 11.3 Å². The van der Waals surface area contributed by atoms with Crippen molar-refractivity contribution < 1.29 is 18.4 Å². The number of benzene rings is 1. The van der Waals surface area contributed by atoms with Crippen molar-refractivity contribution in [1.29, 1.82) is 0 Å². The Kier molecular flexibility index (Phi) is 5.51. The number of nitrogens with zero attached hydrogens (tertiary/aromatic N) is 4. The molecule has 4 heterocycles. The number of aromatic nitrogens is 2. The van der Waals surface area contributed by atoms with Crippen LogP contribution in [0.5, 0.6) is 0 Å². The summed E-state index contributed by atoms with van der Waals surface area (Å²) in [7, 11) is 0. The van der Waals surface area contributed by atoms with E-state index in [2.05, 4.69) is 4.98 Å². The van der Waals surface area contributed by atoms with Gasteiger partial charge in [0.1, 0.15) is 17.2 Å². The van der Waals surface area contributed by atoms with E-state index in [1.165, 1.54) is 40.6 Å². The number of carbonyl (C=O) groups excluding carboxylic acids is 2. The van der Waals surface area contributed by atoms with Crippen LogP contribution in [0.3, 0.4) is 0 Å². The van der Waals surface area contributed by atoms with Gasteiger partial charge >= 0.3 is 0 Å². The van der Waals surface area contributed by atoms with E-state index in [4.69, 9.17) is 4.42 Å². The van der Waals surface area contributed by atoms with Gasteiger partial charge in [-0.25, -0.2) is 9.37 Å². The van der Waals surface area contributed by atoms with Gasteiger partial charge in [0.05, 0.1) is 18.0 Å². The van der Waals surface area contributed by atoms with E-state index in [1.807, 2.05) is 5.38 Å². The molecule has 1 aromatic carbocycles. The Morgan fingerprint density at radius 1 is 1.06 bits per heavy atom. The van der Waals surface area contributed by atoms with E-state index in [-0.39, 0.29) is 35.5 Å². The smallest absolute Gasteiger partial charge is 0.289 e. The van der Waals surface area contributed by atoms with Gasteiger partial charge in [-0.05, 0) is 29.8 Å². The normalized spacial score (nSPS) is 14.1. The standard InChI is InChI=1S/C23H19FN4O4S/c24-16-5-3-15(4-6-16)17-13-33-21-20(17)23(31)28(14-25-21)12-19(29)26-7-9-27(10-8-26)22(30)18-2-1-11-32-18/h1-6,11,13-14H,7-10,12H2. The van der Waals surface area contributed by atoms with Crippen LogP contribution in [-0.4, -0.2) is 57.3 Å². The number of amides is 2. The van der Waals surface area contributed by atoms with Crippen LogP contribution in [0.15, 0.2) is 63.6 Å². The highest BCUT2D eigenvalue weighted by atomic mass is 32.1. The first-order valence-electron chi connectivity index (χ1n) is 10.3. The van der Waals surface area contributed by atoms with Crippen LogP contribution < -0.4 is 5.56 Å². The number of hydrogen-bond acceptors (Lipinski definition) is 6. The molecule has 0 spiro atoms. The molecule has 1 aliphatic rings. The zero-order chi connectivity index (χ0) is 22.9. The predicted molar refractivity (Wildman–Crippen MR) is 120 cm³/mol. The molecule has 5 rings (SSSR count). The molecule has 1 aliphatic heterocycles. The molecule has 3 aromatic heterocycles. The van der Waals surface area contributed by atoms with Crippen LogP contribution in [0.1, 0.15) is 10.6 Å². The van der Waals surface area contributed by atoms with Crippen LogP contribution in [0.2, 0.25) is 0 Å². The maximum atomic E-state index is 13.3. The third-order valence-corrected chi connectivity index (χ3v) is 6.56. The fourth-order valence-corrected chi connectivity index (χ4v) is 4.79. The van der Waals surface area contributed by atoms with Crippen LogP contribution in [0.4, 0.5) is 4.39 Å². The molecule has 4 aromatic rings. The second kappa shape index (κ2) is 8.62. The molecule has 33 heavy (non-hydrogen) atoms. The van der Waals surface area contributed by atoms with Gasteiger partial charge in [0.2, 0.25) is 5.91 Å². The lowest BCUT2D eigenvalue weighted by atomic mass is 10.1.